The van der Waals surface area contributed by atoms with Crippen LogP contribution >= 0.6 is 0 Å². The van der Waals surface area contributed by atoms with Crippen molar-refractivity contribution in [3.05, 3.63) is 0 Å². The molecule has 0 aromatic carbocycles. The highest BCUT2D eigenvalue weighted by atomic mass is 14.2. The van der Waals surface area contributed by atoms with Crippen LogP contribution in [0.2, 0.25) is 0 Å². The third-order valence-electron chi connectivity index (χ3n) is 3.20. The van der Waals surface area contributed by atoms with Crippen molar-refractivity contribution in [1.29, 1.82) is 0 Å². The maximum Gasteiger partial charge on any atom is -0.0412 e. The van der Waals surface area contributed by atoms with Crippen LogP contribution in [-0.4, -0.2) is 0 Å². The summed E-state index contributed by atoms with van der Waals surface area (Å²) < 4.78 is 0. The van der Waals surface area contributed by atoms with Crippen molar-refractivity contribution in [2.24, 2.45) is 17.8 Å². The van der Waals surface area contributed by atoms with Crippen molar-refractivity contribution in [1.82, 2.24) is 0 Å². The Morgan fingerprint density at radius 1 is 1.25 bits per heavy atom. The van der Waals surface area contributed by atoms with Crippen molar-refractivity contribution in [3.63, 3.8) is 0 Å². The summed E-state index contributed by atoms with van der Waals surface area (Å²) in [6.07, 6.45) is 8.92. The zero-order valence-corrected chi connectivity index (χ0v) is 8.97. The van der Waals surface area contributed by atoms with E-state index >= 15 is 0 Å². The highest BCUT2D eigenvalue weighted by Gasteiger charge is 2.18. The first kappa shape index (κ1) is 10.1. The predicted molar refractivity (Wildman–Crippen MR) is 55.2 cm³/mol. The largest absolute Gasteiger partial charge is 0.0628 e. The summed E-state index contributed by atoms with van der Waals surface area (Å²) in [5.74, 6) is 2.98. The minimum Gasteiger partial charge on any atom is -0.0628 e. The van der Waals surface area contributed by atoms with Crippen LogP contribution in [0.4, 0.5) is 0 Å². The Labute approximate surface area is 77.7 Å². The van der Waals surface area contributed by atoms with E-state index in [0.29, 0.717) is 0 Å². The van der Waals surface area contributed by atoms with Crippen molar-refractivity contribution >= 4 is 0 Å². The van der Waals surface area contributed by atoms with Gasteiger partial charge in [-0.15, -0.1) is 0 Å². The molecule has 1 saturated carbocycles. The van der Waals surface area contributed by atoms with E-state index in [1.165, 1.54) is 38.5 Å². The lowest BCUT2D eigenvalue weighted by Crippen LogP contribution is -2.13. The van der Waals surface area contributed by atoms with Crippen LogP contribution in [-0.2, 0) is 0 Å². The third kappa shape index (κ3) is 3.60. The monoisotopic (exact) mass is 168 g/mol. The van der Waals surface area contributed by atoms with Crippen LogP contribution in [0, 0.1) is 17.8 Å². The van der Waals surface area contributed by atoms with Crippen LogP contribution in [0.15, 0.2) is 0 Å². The summed E-state index contributed by atoms with van der Waals surface area (Å²) in [4.78, 5) is 0. The Balaban J connectivity index is 2.14. The molecule has 0 saturated heterocycles. The van der Waals surface area contributed by atoms with E-state index in [9.17, 15) is 0 Å². The molecule has 0 bridgehead atoms. The summed E-state index contributed by atoms with van der Waals surface area (Å²) in [6, 6.07) is 0. The number of rotatable bonds is 3. The van der Waals surface area contributed by atoms with Crippen molar-refractivity contribution in [2.45, 2.75) is 59.3 Å². The second-order valence-electron chi connectivity index (χ2n) is 5.11. The van der Waals surface area contributed by atoms with Gasteiger partial charge in [0, 0.05) is 0 Å². The van der Waals surface area contributed by atoms with Crippen LogP contribution in [0.5, 0.6) is 0 Å². The van der Waals surface area contributed by atoms with Crippen molar-refractivity contribution < 1.29 is 0 Å². The molecule has 1 rings (SSSR count). The molecule has 1 aliphatic rings. The topological polar surface area (TPSA) is 0 Å². The van der Waals surface area contributed by atoms with Gasteiger partial charge in [-0.2, -0.15) is 0 Å². The van der Waals surface area contributed by atoms with Gasteiger partial charge >= 0.3 is 0 Å². The van der Waals surface area contributed by atoms with E-state index in [1.807, 2.05) is 0 Å². The maximum atomic E-state index is 2.42. The average Bonchev–Trinajstić information content (AvgIpc) is 2.01. The van der Waals surface area contributed by atoms with Gasteiger partial charge in [-0.25, -0.2) is 0 Å². The summed E-state index contributed by atoms with van der Waals surface area (Å²) in [5, 5.41) is 0. The van der Waals surface area contributed by atoms with Gasteiger partial charge in [-0.3, -0.25) is 0 Å². The molecule has 0 heterocycles. The van der Waals surface area contributed by atoms with Crippen LogP contribution in [0.25, 0.3) is 0 Å². The first-order chi connectivity index (χ1) is 5.68. The van der Waals surface area contributed by atoms with E-state index in [-0.39, 0.29) is 0 Å². The lowest BCUT2D eigenvalue weighted by molar-refractivity contribution is 0.257. The smallest absolute Gasteiger partial charge is 0.0412 e. The molecule has 0 heteroatoms. The van der Waals surface area contributed by atoms with Gasteiger partial charge < -0.3 is 0 Å². The molecule has 0 unspecified atom stereocenters. The summed E-state index contributed by atoms with van der Waals surface area (Å²) >= 11 is 0. The summed E-state index contributed by atoms with van der Waals surface area (Å²) in [6.45, 7) is 7.10. The molecule has 1 aliphatic carbocycles. The third-order valence-corrected chi connectivity index (χ3v) is 3.20. The molecule has 0 aromatic rings. The molecule has 12 heavy (non-hydrogen) atoms. The minimum absolute atomic E-state index is 0.905. The Hall–Kier alpha value is 0. The first-order valence-corrected chi connectivity index (χ1v) is 5.68. The standard InChI is InChI=1S/C12H24/c1-10(2)7-8-12-6-4-5-11(3)9-12/h10-12H,4-9H2,1-3H3/t11-,12-/m0/s1. The Morgan fingerprint density at radius 2 is 2.00 bits per heavy atom. The van der Waals surface area contributed by atoms with E-state index in [0.717, 1.165) is 17.8 Å². The van der Waals surface area contributed by atoms with E-state index < -0.39 is 0 Å². The quantitative estimate of drug-likeness (QED) is 0.591. The van der Waals surface area contributed by atoms with Gasteiger partial charge in [-0.05, 0) is 24.2 Å². The lowest BCUT2D eigenvalue weighted by atomic mass is 9.79. The summed E-state index contributed by atoms with van der Waals surface area (Å²) in [5.41, 5.74) is 0. The first-order valence-electron chi connectivity index (χ1n) is 5.68. The fourth-order valence-electron chi connectivity index (χ4n) is 2.39. The molecule has 1 fully saturated rings. The molecule has 0 amide bonds. The Bertz CT molecular complexity index is 115. The minimum atomic E-state index is 0.905. The molecule has 72 valence electrons. The molecular weight excluding hydrogens is 144 g/mol. The molecule has 0 aromatic heterocycles. The van der Waals surface area contributed by atoms with E-state index in [1.54, 1.807) is 0 Å². The zero-order chi connectivity index (χ0) is 8.97. The van der Waals surface area contributed by atoms with Crippen LogP contribution in [0.3, 0.4) is 0 Å². The maximum absolute atomic E-state index is 2.42. The molecular formula is C12H24. The van der Waals surface area contributed by atoms with E-state index in [4.69, 9.17) is 0 Å². The summed E-state index contributed by atoms with van der Waals surface area (Å²) in [7, 11) is 0. The fraction of sp³-hybridized carbons (Fsp3) is 1.00. The average molecular weight is 168 g/mol. The molecule has 0 radical (unpaired) electrons. The van der Waals surface area contributed by atoms with Gasteiger partial charge in [0.2, 0.25) is 0 Å². The number of hydrogen-bond acceptors (Lipinski definition) is 0. The fourth-order valence-corrected chi connectivity index (χ4v) is 2.39. The Kier molecular flexibility index (Phi) is 4.11. The molecule has 0 nitrogen and oxygen atoms in total. The van der Waals surface area contributed by atoms with Crippen LogP contribution < -0.4 is 0 Å². The van der Waals surface area contributed by atoms with Crippen LogP contribution in [0.1, 0.15) is 59.3 Å². The number of hydrogen-bond donors (Lipinski definition) is 0. The zero-order valence-electron chi connectivity index (χ0n) is 8.97. The molecule has 0 N–H and O–H groups in total. The normalized spacial score (nSPS) is 31.0. The second-order valence-corrected chi connectivity index (χ2v) is 5.11. The van der Waals surface area contributed by atoms with Gasteiger partial charge in [0.1, 0.15) is 0 Å². The lowest BCUT2D eigenvalue weighted by Gasteiger charge is -2.27. The van der Waals surface area contributed by atoms with Gasteiger partial charge in [0.25, 0.3) is 0 Å². The van der Waals surface area contributed by atoms with Crippen molar-refractivity contribution in [3.8, 4) is 0 Å². The second kappa shape index (κ2) is 4.89. The highest BCUT2D eigenvalue weighted by Crippen LogP contribution is 2.32. The van der Waals surface area contributed by atoms with E-state index in [2.05, 4.69) is 20.8 Å². The highest BCUT2D eigenvalue weighted by molar-refractivity contribution is 4.70. The van der Waals surface area contributed by atoms with Crippen molar-refractivity contribution in [2.75, 3.05) is 0 Å². The van der Waals surface area contributed by atoms with Gasteiger partial charge in [-0.1, -0.05) is 52.9 Å². The molecule has 2 atom stereocenters. The van der Waals surface area contributed by atoms with Gasteiger partial charge in [0.05, 0.1) is 0 Å². The molecule has 0 spiro atoms. The predicted octanol–water partition coefficient (Wildman–Crippen LogP) is 4.25. The van der Waals surface area contributed by atoms with Gasteiger partial charge in [0.15, 0.2) is 0 Å². The Morgan fingerprint density at radius 3 is 2.58 bits per heavy atom. The molecule has 0 aliphatic heterocycles. The SMILES string of the molecule is CC(C)CC[C@@H]1CCC[C@H](C)C1.